The third-order valence-corrected chi connectivity index (χ3v) is 3.90. The standard InChI is InChI=1S/C15H15ClFN3O3/c1-22-15-19-12(8-23-15)14(21)18-10-4-5-20(7-10)13-3-2-9(16)6-11(13)17/h2-3,6,8,10H,4-5,7H2,1H3,(H,18,21). The maximum Gasteiger partial charge on any atom is 0.393 e. The second kappa shape index (κ2) is 6.45. The zero-order valence-electron chi connectivity index (χ0n) is 12.4. The van der Waals surface area contributed by atoms with Gasteiger partial charge in [-0.2, -0.15) is 4.98 Å². The predicted octanol–water partition coefficient (Wildman–Crippen LogP) is 2.48. The average Bonchev–Trinajstić information content (AvgIpc) is 3.16. The van der Waals surface area contributed by atoms with Crippen LogP contribution in [0.5, 0.6) is 6.08 Å². The van der Waals surface area contributed by atoms with Gasteiger partial charge < -0.3 is 19.4 Å². The van der Waals surface area contributed by atoms with E-state index in [2.05, 4.69) is 10.3 Å². The van der Waals surface area contributed by atoms with Gasteiger partial charge in [0, 0.05) is 24.2 Å². The molecule has 0 aliphatic carbocycles. The maximum absolute atomic E-state index is 13.9. The monoisotopic (exact) mass is 339 g/mol. The largest absolute Gasteiger partial charge is 0.454 e. The fraction of sp³-hybridized carbons (Fsp3) is 0.333. The van der Waals surface area contributed by atoms with Crippen LogP contribution in [0.25, 0.3) is 0 Å². The molecule has 6 nitrogen and oxygen atoms in total. The second-order valence-electron chi connectivity index (χ2n) is 5.20. The van der Waals surface area contributed by atoms with Gasteiger partial charge in [0.15, 0.2) is 5.69 Å². The Labute approximate surface area is 137 Å². The fourth-order valence-corrected chi connectivity index (χ4v) is 2.71. The number of carbonyl (C=O) groups excluding carboxylic acids is 1. The lowest BCUT2D eigenvalue weighted by atomic mass is 10.2. The number of oxazole rings is 1. The Bertz CT molecular complexity index is 722. The summed E-state index contributed by atoms with van der Waals surface area (Å²) in [4.78, 5) is 17.8. The molecule has 1 aliphatic rings. The summed E-state index contributed by atoms with van der Waals surface area (Å²) >= 11 is 5.76. The number of nitrogens with one attached hydrogen (secondary N) is 1. The Morgan fingerprint density at radius 3 is 3.09 bits per heavy atom. The molecular weight excluding hydrogens is 325 g/mol. The quantitative estimate of drug-likeness (QED) is 0.927. The van der Waals surface area contributed by atoms with Crippen LogP contribution in [0.15, 0.2) is 28.9 Å². The smallest absolute Gasteiger partial charge is 0.393 e. The van der Waals surface area contributed by atoms with Gasteiger partial charge in [-0.1, -0.05) is 11.6 Å². The summed E-state index contributed by atoms with van der Waals surface area (Å²) in [6, 6.07) is 4.47. The van der Waals surface area contributed by atoms with Crippen molar-refractivity contribution in [2.45, 2.75) is 12.5 Å². The number of nitrogens with zero attached hydrogens (tertiary/aromatic N) is 2. The van der Waals surface area contributed by atoms with E-state index in [0.717, 1.165) is 0 Å². The number of amides is 1. The summed E-state index contributed by atoms with van der Waals surface area (Å²) < 4.78 is 23.7. The zero-order valence-corrected chi connectivity index (χ0v) is 13.1. The molecule has 1 aromatic carbocycles. The van der Waals surface area contributed by atoms with E-state index >= 15 is 0 Å². The van der Waals surface area contributed by atoms with Crippen molar-refractivity contribution in [2.75, 3.05) is 25.1 Å². The van der Waals surface area contributed by atoms with Crippen LogP contribution in [0.3, 0.4) is 0 Å². The van der Waals surface area contributed by atoms with E-state index in [1.165, 1.54) is 19.4 Å². The van der Waals surface area contributed by atoms with Crippen LogP contribution in [0.4, 0.5) is 10.1 Å². The first-order valence-electron chi connectivity index (χ1n) is 7.07. The highest BCUT2D eigenvalue weighted by atomic mass is 35.5. The van der Waals surface area contributed by atoms with Gasteiger partial charge in [0.25, 0.3) is 5.91 Å². The van der Waals surface area contributed by atoms with Gasteiger partial charge in [0.05, 0.1) is 12.8 Å². The van der Waals surface area contributed by atoms with Crippen LogP contribution in [-0.2, 0) is 0 Å². The van der Waals surface area contributed by atoms with Crippen molar-refractivity contribution < 1.29 is 18.3 Å². The highest BCUT2D eigenvalue weighted by Crippen LogP contribution is 2.26. The number of methoxy groups -OCH3 is 1. The molecule has 122 valence electrons. The van der Waals surface area contributed by atoms with E-state index in [1.54, 1.807) is 12.1 Å². The molecular formula is C15H15ClFN3O3. The van der Waals surface area contributed by atoms with Crippen molar-refractivity contribution in [2.24, 2.45) is 0 Å². The average molecular weight is 340 g/mol. The van der Waals surface area contributed by atoms with Crippen LogP contribution >= 0.6 is 11.6 Å². The summed E-state index contributed by atoms with van der Waals surface area (Å²) in [7, 11) is 1.41. The van der Waals surface area contributed by atoms with Crippen molar-refractivity contribution in [3.63, 3.8) is 0 Å². The van der Waals surface area contributed by atoms with Crippen molar-refractivity contribution in [1.82, 2.24) is 10.3 Å². The summed E-state index contributed by atoms with van der Waals surface area (Å²) in [5.74, 6) is -0.716. The number of halogens is 2. The lowest BCUT2D eigenvalue weighted by molar-refractivity contribution is 0.0935. The minimum atomic E-state index is -0.370. The van der Waals surface area contributed by atoms with Gasteiger partial charge in [-0.05, 0) is 24.6 Å². The van der Waals surface area contributed by atoms with Gasteiger partial charge in [0.2, 0.25) is 0 Å². The van der Waals surface area contributed by atoms with Crippen molar-refractivity contribution in [3.05, 3.63) is 41.0 Å². The molecule has 0 radical (unpaired) electrons. The van der Waals surface area contributed by atoms with Gasteiger partial charge in [-0.25, -0.2) is 4.39 Å². The molecule has 1 aromatic heterocycles. The molecule has 1 amide bonds. The summed E-state index contributed by atoms with van der Waals surface area (Å²) in [5.41, 5.74) is 0.632. The number of carbonyl (C=O) groups is 1. The van der Waals surface area contributed by atoms with E-state index in [4.69, 9.17) is 20.8 Å². The normalized spacial score (nSPS) is 17.3. The highest BCUT2D eigenvalue weighted by molar-refractivity contribution is 6.30. The lowest BCUT2D eigenvalue weighted by Crippen LogP contribution is -2.37. The Morgan fingerprint density at radius 1 is 1.57 bits per heavy atom. The molecule has 1 aliphatic heterocycles. The Hall–Kier alpha value is -2.28. The number of anilines is 1. The molecule has 3 rings (SSSR count). The van der Waals surface area contributed by atoms with Gasteiger partial charge >= 0.3 is 6.08 Å². The molecule has 1 atom stereocenters. The summed E-state index contributed by atoms with van der Waals surface area (Å²) in [6.07, 6.45) is 1.98. The first-order chi connectivity index (χ1) is 11.1. The van der Waals surface area contributed by atoms with Crippen LogP contribution in [0, 0.1) is 5.82 Å². The predicted molar refractivity (Wildman–Crippen MR) is 82.5 cm³/mol. The van der Waals surface area contributed by atoms with Crippen LogP contribution in [0.1, 0.15) is 16.9 Å². The Kier molecular flexibility index (Phi) is 4.38. The number of aromatic nitrogens is 1. The minimum Gasteiger partial charge on any atom is -0.454 e. The number of ether oxygens (including phenoxy) is 1. The zero-order chi connectivity index (χ0) is 16.4. The molecule has 0 saturated carbocycles. The molecule has 1 N–H and O–H groups in total. The Balaban J connectivity index is 1.62. The van der Waals surface area contributed by atoms with Gasteiger partial charge in [-0.15, -0.1) is 0 Å². The SMILES string of the molecule is COc1nc(C(=O)NC2CCN(c3ccc(Cl)cc3F)C2)co1. The van der Waals surface area contributed by atoms with Crippen LogP contribution in [0.2, 0.25) is 5.02 Å². The van der Waals surface area contributed by atoms with Crippen molar-refractivity contribution in [1.29, 1.82) is 0 Å². The summed E-state index contributed by atoms with van der Waals surface area (Å²) in [5, 5.41) is 3.21. The van der Waals surface area contributed by atoms with E-state index in [1.807, 2.05) is 4.90 Å². The molecule has 2 aromatic rings. The van der Waals surface area contributed by atoms with Gasteiger partial charge in [0.1, 0.15) is 12.1 Å². The molecule has 0 spiro atoms. The molecule has 1 unspecified atom stereocenters. The third-order valence-electron chi connectivity index (χ3n) is 3.66. The third kappa shape index (κ3) is 3.39. The van der Waals surface area contributed by atoms with Crippen molar-refractivity contribution >= 4 is 23.2 Å². The second-order valence-corrected chi connectivity index (χ2v) is 5.64. The number of rotatable bonds is 4. The highest BCUT2D eigenvalue weighted by Gasteiger charge is 2.27. The number of benzene rings is 1. The van der Waals surface area contributed by atoms with Crippen LogP contribution in [-0.4, -0.2) is 37.1 Å². The molecule has 1 saturated heterocycles. The Morgan fingerprint density at radius 2 is 2.39 bits per heavy atom. The molecule has 8 heteroatoms. The topological polar surface area (TPSA) is 67.6 Å². The van der Waals surface area contributed by atoms with Gasteiger partial charge in [-0.3, -0.25) is 4.79 Å². The number of hydrogen-bond acceptors (Lipinski definition) is 5. The fourth-order valence-electron chi connectivity index (χ4n) is 2.55. The van der Waals surface area contributed by atoms with E-state index in [0.29, 0.717) is 30.2 Å². The van der Waals surface area contributed by atoms with Crippen molar-refractivity contribution in [3.8, 4) is 6.08 Å². The molecule has 23 heavy (non-hydrogen) atoms. The van der Waals surface area contributed by atoms with E-state index in [9.17, 15) is 9.18 Å². The minimum absolute atomic E-state index is 0.0337. The molecule has 0 bridgehead atoms. The summed E-state index contributed by atoms with van der Waals surface area (Å²) in [6.45, 7) is 1.16. The first kappa shape index (κ1) is 15.6. The molecule has 2 heterocycles. The first-order valence-corrected chi connectivity index (χ1v) is 7.45. The molecule has 1 fully saturated rings. The van der Waals surface area contributed by atoms with E-state index in [-0.39, 0.29) is 29.5 Å². The number of hydrogen-bond donors (Lipinski definition) is 1. The van der Waals surface area contributed by atoms with E-state index < -0.39 is 0 Å². The lowest BCUT2D eigenvalue weighted by Gasteiger charge is -2.19. The maximum atomic E-state index is 13.9. The van der Waals surface area contributed by atoms with Crippen LogP contribution < -0.4 is 15.0 Å².